The molecule has 1 fully saturated rings. The van der Waals surface area contributed by atoms with Crippen LogP contribution >= 0.6 is 0 Å². The van der Waals surface area contributed by atoms with Gasteiger partial charge in [0.05, 0.1) is 23.9 Å². The second-order valence-corrected chi connectivity index (χ2v) is 6.71. The number of aliphatic hydroxyl groups excluding tert-OH is 1. The van der Waals surface area contributed by atoms with Gasteiger partial charge >= 0.3 is 0 Å². The van der Waals surface area contributed by atoms with Gasteiger partial charge < -0.3 is 14.9 Å². The molecule has 0 spiro atoms. The van der Waals surface area contributed by atoms with Crippen molar-refractivity contribution in [3.63, 3.8) is 0 Å². The van der Waals surface area contributed by atoms with Crippen molar-refractivity contribution < 1.29 is 9.90 Å². The minimum atomic E-state index is -0.222. The molecule has 3 heterocycles. The Balaban J connectivity index is 1.44. The SMILES string of the molecule is O=C1c2cnc(N3CCC(O)CC3)nc2CN1CCc1ccccc1. The van der Waals surface area contributed by atoms with E-state index in [4.69, 9.17) is 0 Å². The molecule has 130 valence electrons. The van der Waals surface area contributed by atoms with Crippen molar-refractivity contribution in [3.8, 4) is 0 Å². The van der Waals surface area contributed by atoms with E-state index < -0.39 is 0 Å². The summed E-state index contributed by atoms with van der Waals surface area (Å²) in [5.74, 6) is 0.690. The van der Waals surface area contributed by atoms with Crippen LogP contribution < -0.4 is 4.90 Å². The summed E-state index contributed by atoms with van der Waals surface area (Å²) >= 11 is 0. The fourth-order valence-electron chi connectivity index (χ4n) is 3.44. The molecule has 0 aliphatic carbocycles. The molecule has 6 heteroatoms. The van der Waals surface area contributed by atoms with Crippen molar-refractivity contribution >= 4 is 11.9 Å². The topological polar surface area (TPSA) is 69.6 Å². The van der Waals surface area contributed by atoms with Crippen LogP contribution in [0, 0.1) is 0 Å². The van der Waals surface area contributed by atoms with Crippen LogP contribution in [0.4, 0.5) is 5.95 Å². The van der Waals surface area contributed by atoms with E-state index in [0.29, 0.717) is 24.6 Å². The van der Waals surface area contributed by atoms with Gasteiger partial charge in [-0.2, -0.15) is 0 Å². The van der Waals surface area contributed by atoms with Crippen LogP contribution in [0.5, 0.6) is 0 Å². The maximum absolute atomic E-state index is 12.5. The quantitative estimate of drug-likeness (QED) is 0.918. The lowest BCUT2D eigenvalue weighted by atomic mass is 10.1. The molecule has 0 bridgehead atoms. The number of anilines is 1. The van der Waals surface area contributed by atoms with Gasteiger partial charge in [-0.3, -0.25) is 4.79 Å². The van der Waals surface area contributed by atoms with Gasteiger partial charge in [-0.15, -0.1) is 0 Å². The first kappa shape index (κ1) is 16.0. The third-order valence-corrected chi connectivity index (χ3v) is 4.97. The zero-order valence-corrected chi connectivity index (χ0v) is 14.1. The summed E-state index contributed by atoms with van der Waals surface area (Å²) in [6.45, 7) is 2.74. The third kappa shape index (κ3) is 3.35. The van der Waals surface area contributed by atoms with E-state index in [0.717, 1.165) is 38.0 Å². The Labute approximate surface area is 147 Å². The number of amides is 1. The lowest BCUT2D eigenvalue weighted by Gasteiger charge is -2.29. The fourth-order valence-corrected chi connectivity index (χ4v) is 3.44. The summed E-state index contributed by atoms with van der Waals surface area (Å²) < 4.78 is 0. The summed E-state index contributed by atoms with van der Waals surface area (Å²) in [6.07, 6.45) is 3.75. The number of benzene rings is 1. The zero-order valence-electron chi connectivity index (χ0n) is 14.1. The number of aliphatic hydroxyl groups is 1. The summed E-state index contributed by atoms with van der Waals surface area (Å²) in [6, 6.07) is 10.2. The second-order valence-electron chi connectivity index (χ2n) is 6.71. The van der Waals surface area contributed by atoms with E-state index in [2.05, 4.69) is 27.0 Å². The number of piperidine rings is 1. The minimum absolute atomic E-state index is 0.0200. The number of rotatable bonds is 4. The first-order valence-electron chi connectivity index (χ1n) is 8.83. The van der Waals surface area contributed by atoms with Gasteiger partial charge in [-0.1, -0.05) is 30.3 Å². The molecule has 25 heavy (non-hydrogen) atoms. The van der Waals surface area contributed by atoms with E-state index in [1.54, 1.807) is 6.20 Å². The number of hydrogen-bond acceptors (Lipinski definition) is 5. The molecule has 6 nitrogen and oxygen atoms in total. The van der Waals surface area contributed by atoms with Crippen LogP contribution in [-0.2, 0) is 13.0 Å². The van der Waals surface area contributed by atoms with Crippen molar-refractivity contribution in [2.75, 3.05) is 24.5 Å². The first-order valence-corrected chi connectivity index (χ1v) is 8.83. The van der Waals surface area contributed by atoms with E-state index in [1.165, 1.54) is 5.56 Å². The highest BCUT2D eigenvalue weighted by Gasteiger charge is 2.30. The third-order valence-electron chi connectivity index (χ3n) is 4.97. The number of carbonyl (C=O) groups is 1. The summed E-state index contributed by atoms with van der Waals surface area (Å²) in [4.78, 5) is 25.5. The first-order chi connectivity index (χ1) is 12.2. The van der Waals surface area contributed by atoms with E-state index in [1.807, 2.05) is 23.1 Å². The normalized spacial score (nSPS) is 17.9. The lowest BCUT2D eigenvalue weighted by molar-refractivity contribution is 0.0779. The smallest absolute Gasteiger partial charge is 0.257 e. The Hall–Kier alpha value is -2.47. The van der Waals surface area contributed by atoms with Crippen molar-refractivity contribution in [3.05, 3.63) is 53.3 Å². The van der Waals surface area contributed by atoms with Gasteiger partial charge in [0.25, 0.3) is 5.91 Å². The Morgan fingerprint density at radius 2 is 1.92 bits per heavy atom. The molecule has 1 saturated heterocycles. The van der Waals surface area contributed by atoms with Crippen LogP contribution in [0.3, 0.4) is 0 Å². The van der Waals surface area contributed by atoms with Crippen LogP contribution in [0.15, 0.2) is 36.5 Å². The van der Waals surface area contributed by atoms with E-state index in [9.17, 15) is 9.90 Å². The van der Waals surface area contributed by atoms with E-state index in [-0.39, 0.29) is 12.0 Å². The second kappa shape index (κ2) is 6.80. The molecule has 0 unspecified atom stereocenters. The molecule has 1 N–H and O–H groups in total. The minimum Gasteiger partial charge on any atom is -0.393 e. The average Bonchev–Trinajstić information content (AvgIpc) is 2.97. The molecular formula is C19H22N4O2. The molecule has 1 amide bonds. The molecule has 2 aliphatic rings. The Kier molecular flexibility index (Phi) is 4.36. The highest BCUT2D eigenvalue weighted by atomic mass is 16.3. The number of carbonyl (C=O) groups excluding carboxylic acids is 1. The van der Waals surface area contributed by atoms with Crippen molar-refractivity contribution in [2.45, 2.75) is 31.9 Å². The number of hydrogen-bond donors (Lipinski definition) is 1. The number of aromatic nitrogens is 2. The summed E-state index contributed by atoms with van der Waals surface area (Å²) in [5, 5.41) is 9.63. The molecule has 0 saturated carbocycles. The number of nitrogens with zero attached hydrogens (tertiary/aromatic N) is 4. The van der Waals surface area contributed by atoms with Crippen molar-refractivity contribution in [2.24, 2.45) is 0 Å². The van der Waals surface area contributed by atoms with Crippen LogP contribution in [0.25, 0.3) is 0 Å². The van der Waals surface area contributed by atoms with Crippen molar-refractivity contribution in [1.29, 1.82) is 0 Å². The predicted molar refractivity (Wildman–Crippen MR) is 94.4 cm³/mol. The van der Waals surface area contributed by atoms with Gasteiger partial charge in [0, 0.05) is 25.8 Å². The molecular weight excluding hydrogens is 316 g/mol. The Bertz CT molecular complexity index is 757. The van der Waals surface area contributed by atoms with Gasteiger partial charge in [0.15, 0.2) is 0 Å². The Morgan fingerprint density at radius 3 is 2.68 bits per heavy atom. The average molecular weight is 338 g/mol. The van der Waals surface area contributed by atoms with Crippen LogP contribution in [0.2, 0.25) is 0 Å². The lowest BCUT2D eigenvalue weighted by Crippen LogP contribution is -2.37. The monoisotopic (exact) mass is 338 g/mol. The summed E-state index contributed by atoms with van der Waals surface area (Å²) in [5.41, 5.74) is 2.66. The molecule has 2 aliphatic heterocycles. The fraction of sp³-hybridized carbons (Fsp3) is 0.421. The predicted octanol–water partition coefficient (Wildman–Crippen LogP) is 1.64. The van der Waals surface area contributed by atoms with Gasteiger partial charge in [-0.25, -0.2) is 9.97 Å². The molecule has 4 rings (SSSR count). The molecule has 1 aromatic heterocycles. The van der Waals surface area contributed by atoms with Gasteiger partial charge in [0.1, 0.15) is 0 Å². The van der Waals surface area contributed by atoms with Crippen LogP contribution in [-0.4, -0.2) is 51.6 Å². The molecule has 1 aromatic carbocycles. The zero-order chi connectivity index (χ0) is 17.2. The molecule has 0 radical (unpaired) electrons. The maximum atomic E-state index is 12.5. The van der Waals surface area contributed by atoms with E-state index >= 15 is 0 Å². The maximum Gasteiger partial charge on any atom is 0.257 e. The van der Waals surface area contributed by atoms with Crippen LogP contribution in [0.1, 0.15) is 34.5 Å². The Morgan fingerprint density at radius 1 is 1.16 bits per heavy atom. The molecule has 2 aromatic rings. The largest absolute Gasteiger partial charge is 0.393 e. The van der Waals surface area contributed by atoms with Crippen molar-refractivity contribution in [1.82, 2.24) is 14.9 Å². The highest BCUT2D eigenvalue weighted by molar-refractivity contribution is 5.97. The summed E-state index contributed by atoms with van der Waals surface area (Å²) in [7, 11) is 0. The van der Waals surface area contributed by atoms with Gasteiger partial charge in [-0.05, 0) is 24.8 Å². The standard InChI is InChI=1S/C19H22N4O2/c24-15-7-10-22(11-8-15)19-20-12-16-17(21-19)13-23(18(16)25)9-6-14-4-2-1-3-5-14/h1-5,12,15,24H,6-11,13H2. The van der Waals surface area contributed by atoms with Gasteiger partial charge in [0.2, 0.25) is 5.95 Å². The molecule has 0 atom stereocenters. The highest BCUT2D eigenvalue weighted by Crippen LogP contribution is 2.24. The number of fused-ring (bicyclic) bond motifs is 1.